The molecule has 0 saturated heterocycles. The van der Waals surface area contributed by atoms with Gasteiger partial charge in [0.15, 0.2) is 0 Å². The number of aryl methyl sites for hydroxylation is 1. The van der Waals surface area contributed by atoms with Crippen LogP contribution in [0, 0.1) is 11.3 Å². The van der Waals surface area contributed by atoms with Gasteiger partial charge in [-0.1, -0.05) is 37.3 Å². The molecule has 1 nitrogen and oxygen atoms in total. The third-order valence-corrected chi connectivity index (χ3v) is 4.24. The summed E-state index contributed by atoms with van der Waals surface area (Å²) in [5, 5.41) is 3.64. The SMILES string of the molecule is CC(C)(C)NCC1CC1(C)CCc1ccccc1. The zero-order valence-corrected chi connectivity index (χ0v) is 12.3. The van der Waals surface area contributed by atoms with E-state index >= 15 is 0 Å². The van der Waals surface area contributed by atoms with E-state index in [-0.39, 0.29) is 5.54 Å². The van der Waals surface area contributed by atoms with Crippen LogP contribution < -0.4 is 5.32 Å². The molecule has 2 atom stereocenters. The van der Waals surface area contributed by atoms with Crippen LogP contribution in [0.15, 0.2) is 30.3 Å². The summed E-state index contributed by atoms with van der Waals surface area (Å²) in [5.74, 6) is 0.875. The first kappa shape index (κ1) is 13.6. The average Bonchev–Trinajstić information content (AvgIpc) is 2.97. The first-order valence-electron chi connectivity index (χ1n) is 7.18. The minimum absolute atomic E-state index is 0.253. The summed E-state index contributed by atoms with van der Waals surface area (Å²) in [6.07, 6.45) is 3.94. The quantitative estimate of drug-likeness (QED) is 0.825. The minimum atomic E-state index is 0.253. The Balaban J connectivity index is 1.75. The van der Waals surface area contributed by atoms with Gasteiger partial charge in [0.05, 0.1) is 0 Å². The van der Waals surface area contributed by atoms with Crippen molar-refractivity contribution in [2.45, 2.75) is 52.5 Å². The molecule has 100 valence electrons. The van der Waals surface area contributed by atoms with Crippen LogP contribution in [-0.4, -0.2) is 12.1 Å². The van der Waals surface area contributed by atoms with Gasteiger partial charge in [0.2, 0.25) is 0 Å². The van der Waals surface area contributed by atoms with E-state index < -0.39 is 0 Å². The highest BCUT2D eigenvalue weighted by molar-refractivity contribution is 5.16. The van der Waals surface area contributed by atoms with Gasteiger partial charge in [0, 0.05) is 5.54 Å². The maximum absolute atomic E-state index is 3.64. The van der Waals surface area contributed by atoms with Crippen LogP contribution in [0.1, 0.15) is 46.1 Å². The molecule has 2 unspecified atom stereocenters. The Hall–Kier alpha value is -0.820. The Kier molecular flexibility index (Phi) is 3.82. The van der Waals surface area contributed by atoms with Crippen molar-refractivity contribution in [3.63, 3.8) is 0 Å². The number of hydrogen-bond donors (Lipinski definition) is 1. The Bertz CT molecular complexity index is 376. The molecule has 1 aromatic rings. The number of benzene rings is 1. The van der Waals surface area contributed by atoms with E-state index in [1.807, 2.05) is 0 Å². The van der Waals surface area contributed by atoms with Crippen LogP contribution in [-0.2, 0) is 6.42 Å². The van der Waals surface area contributed by atoms with Crippen molar-refractivity contribution < 1.29 is 0 Å². The Morgan fingerprint density at radius 1 is 1.22 bits per heavy atom. The highest BCUT2D eigenvalue weighted by atomic mass is 15.0. The Labute approximate surface area is 112 Å². The summed E-state index contributed by atoms with van der Waals surface area (Å²) in [4.78, 5) is 0. The van der Waals surface area contributed by atoms with Gasteiger partial charge in [-0.05, 0) is 63.5 Å². The van der Waals surface area contributed by atoms with Crippen LogP contribution in [0.2, 0.25) is 0 Å². The lowest BCUT2D eigenvalue weighted by molar-refractivity contribution is 0.379. The van der Waals surface area contributed by atoms with E-state index in [4.69, 9.17) is 0 Å². The zero-order valence-electron chi connectivity index (χ0n) is 12.3. The van der Waals surface area contributed by atoms with Crippen LogP contribution in [0.25, 0.3) is 0 Å². The van der Waals surface area contributed by atoms with Crippen molar-refractivity contribution in [1.29, 1.82) is 0 Å². The lowest BCUT2D eigenvalue weighted by atomic mass is 9.96. The number of hydrogen-bond acceptors (Lipinski definition) is 1. The van der Waals surface area contributed by atoms with Gasteiger partial charge in [-0.3, -0.25) is 0 Å². The van der Waals surface area contributed by atoms with Crippen molar-refractivity contribution in [3.8, 4) is 0 Å². The third kappa shape index (κ3) is 3.84. The molecule has 0 radical (unpaired) electrons. The molecule has 1 N–H and O–H groups in total. The van der Waals surface area contributed by atoms with E-state index in [2.05, 4.69) is 63.3 Å². The van der Waals surface area contributed by atoms with Crippen molar-refractivity contribution in [1.82, 2.24) is 5.32 Å². The fourth-order valence-electron chi connectivity index (χ4n) is 2.63. The van der Waals surface area contributed by atoms with Gasteiger partial charge in [-0.2, -0.15) is 0 Å². The number of nitrogens with one attached hydrogen (secondary N) is 1. The van der Waals surface area contributed by atoms with Crippen molar-refractivity contribution in [2.75, 3.05) is 6.54 Å². The van der Waals surface area contributed by atoms with Gasteiger partial charge in [-0.25, -0.2) is 0 Å². The standard InChI is InChI=1S/C17H27N/c1-16(2,3)18-13-15-12-17(15,4)11-10-14-8-6-5-7-9-14/h5-9,15,18H,10-13H2,1-4H3. The molecule has 2 rings (SSSR count). The van der Waals surface area contributed by atoms with Crippen molar-refractivity contribution in [2.24, 2.45) is 11.3 Å². The summed E-state index contributed by atoms with van der Waals surface area (Å²) < 4.78 is 0. The molecule has 1 aliphatic carbocycles. The van der Waals surface area contributed by atoms with Gasteiger partial charge in [0.1, 0.15) is 0 Å². The van der Waals surface area contributed by atoms with E-state index in [9.17, 15) is 0 Å². The van der Waals surface area contributed by atoms with Crippen LogP contribution in [0.5, 0.6) is 0 Å². The largest absolute Gasteiger partial charge is 0.312 e. The minimum Gasteiger partial charge on any atom is -0.312 e. The van der Waals surface area contributed by atoms with Gasteiger partial charge >= 0.3 is 0 Å². The lowest BCUT2D eigenvalue weighted by Crippen LogP contribution is -2.37. The van der Waals surface area contributed by atoms with Crippen LogP contribution >= 0.6 is 0 Å². The van der Waals surface area contributed by atoms with Gasteiger partial charge in [-0.15, -0.1) is 0 Å². The molecule has 0 amide bonds. The zero-order chi connectivity index (χ0) is 13.2. The summed E-state index contributed by atoms with van der Waals surface area (Å²) >= 11 is 0. The smallest absolute Gasteiger partial charge is 0.00966 e. The number of rotatable bonds is 5. The molecule has 1 heteroatoms. The molecule has 1 aliphatic rings. The van der Waals surface area contributed by atoms with Crippen LogP contribution in [0.4, 0.5) is 0 Å². The second kappa shape index (κ2) is 5.05. The first-order valence-corrected chi connectivity index (χ1v) is 7.18. The normalized spacial score (nSPS) is 27.2. The summed E-state index contributed by atoms with van der Waals surface area (Å²) in [6, 6.07) is 10.9. The van der Waals surface area contributed by atoms with Crippen molar-refractivity contribution >= 4 is 0 Å². The Morgan fingerprint density at radius 3 is 2.50 bits per heavy atom. The maximum Gasteiger partial charge on any atom is 0.00966 e. The highest BCUT2D eigenvalue weighted by Gasteiger charge is 2.48. The van der Waals surface area contributed by atoms with E-state index in [0.29, 0.717) is 5.41 Å². The molecule has 1 aromatic carbocycles. The molecule has 0 bridgehead atoms. The summed E-state index contributed by atoms with van der Waals surface area (Å²) in [7, 11) is 0. The highest BCUT2D eigenvalue weighted by Crippen LogP contribution is 2.55. The average molecular weight is 245 g/mol. The van der Waals surface area contributed by atoms with Gasteiger partial charge in [0.25, 0.3) is 0 Å². The molecular weight excluding hydrogens is 218 g/mol. The van der Waals surface area contributed by atoms with E-state index in [1.54, 1.807) is 0 Å². The monoisotopic (exact) mass is 245 g/mol. The molecule has 18 heavy (non-hydrogen) atoms. The second-order valence-electron chi connectivity index (χ2n) is 7.17. The molecule has 0 spiro atoms. The second-order valence-corrected chi connectivity index (χ2v) is 7.17. The fourth-order valence-corrected chi connectivity index (χ4v) is 2.63. The molecule has 0 heterocycles. The first-order chi connectivity index (χ1) is 8.39. The van der Waals surface area contributed by atoms with E-state index in [1.165, 1.54) is 31.4 Å². The van der Waals surface area contributed by atoms with E-state index in [0.717, 1.165) is 5.92 Å². The molecular formula is C17H27N. The molecule has 0 aromatic heterocycles. The topological polar surface area (TPSA) is 12.0 Å². The molecule has 0 aliphatic heterocycles. The molecule has 1 saturated carbocycles. The Morgan fingerprint density at radius 2 is 1.89 bits per heavy atom. The predicted octanol–water partition coefficient (Wildman–Crippen LogP) is 4.03. The lowest BCUT2D eigenvalue weighted by Gasteiger charge is -2.21. The summed E-state index contributed by atoms with van der Waals surface area (Å²) in [6.45, 7) is 10.4. The third-order valence-electron chi connectivity index (χ3n) is 4.24. The maximum atomic E-state index is 3.64. The predicted molar refractivity (Wildman–Crippen MR) is 78.7 cm³/mol. The van der Waals surface area contributed by atoms with Crippen molar-refractivity contribution in [3.05, 3.63) is 35.9 Å². The summed E-state index contributed by atoms with van der Waals surface area (Å²) in [5.41, 5.74) is 2.31. The van der Waals surface area contributed by atoms with Gasteiger partial charge < -0.3 is 5.32 Å². The molecule has 1 fully saturated rings. The fraction of sp³-hybridized carbons (Fsp3) is 0.647. The van der Waals surface area contributed by atoms with Crippen LogP contribution in [0.3, 0.4) is 0 Å².